The first kappa shape index (κ1) is 22.9. The molecule has 0 heterocycles. The van der Waals surface area contributed by atoms with Gasteiger partial charge < -0.3 is 15.4 Å². The van der Waals surface area contributed by atoms with Crippen LogP contribution in [0.25, 0.3) is 0 Å². The molecule has 2 N–H and O–H groups in total. The van der Waals surface area contributed by atoms with Crippen LogP contribution < -0.4 is 15.4 Å². The minimum atomic E-state index is -0.0538. The quantitative estimate of drug-likeness (QED) is 0.375. The predicted octanol–water partition coefficient (Wildman–Crippen LogP) is 6.33. The molecule has 5 heteroatoms. The first-order valence-electron chi connectivity index (χ1n) is 10.5. The number of hydrogen-bond donors (Lipinski definition) is 2. The molecule has 1 amide bonds. The molecule has 3 aromatic carbocycles. The summed E-state index contributed by atoms with van der Waals surface area (Å²) in [5.74, 6) is 1.20. The Morgan fingerprint density at radius 2 is 1.81 bits per heavy atom. The smallest absolute Gasteiger partial charge is 0.251 e. The summed E-state index contributed by atoms with van der Waals surface area (Å²) >= 11 is 3.55. The van der Waals surface area contributed by atoms with Crippen LogP contribution in [0.2, 0.25) is 0 Å². The number of halogens is 1. The zero-order valence-corrected chi connectivity index (χ0v) is 19.8. The van der Waals surface area contributed by atoms with Gasteiger partial charge in [-0.05, 0) is 54.8 Å². The Bertz CT molecular complexity index is 1020. The second kappa shape index (κ2) is 11.0. The van der Waals surface area contributed by atoms with Crippen LogP contribution >= 0.6 is 15.9 Å². The van der Waals surface area contributed by atoms with Crippen molar-refractivity contribution in [2.24, 2.45) is 5.92 Å². The van der Waals surface area contributed by atoms with Crippen LogP contribution in [-0.4, -0.2) is 12.5 Å². The van der Waals surface area contributed by atoms with Gasteiger partial charge in [-0.25, -0.2) is 0 Å². The Labute approximate surface area is 193 Å². The predicted molar refractivity (Wildman–Crippen MR) is 131 cm³/mol. The molecule has 0 bridgehead atoms. The monoisotopic (exact) mass is 480 g/mol. The Balaban J connectivity index is 1.66. The molecule has 0 unspecified atom stereocenters. The number of aryl methyl sites for hydroxylation is 1. The second-order valence-electron chi connectivity index (χ2n) is 8.06. The van der Waals surface area contributed by atoms with Gasteiger partial charge in [-0.2, -0.15) is 0 Å². The number of anilines is 1. The first-order valence-corrected chi connectivity index (χ1v) is 11.3. The number of ether oxygens (including phenoxy) is 1. The van der Waals surface area contributed by atoms with E-state index in [1.165, 1.54) is 5.56 Å². The third-order valence-electron chi connectivity index (χ3n) is 4.82. The molecule has 0 atom stereocenters. The highest BCUT2D eigenvalue weighted by Crippen LogP contribution is 2.25. The van der Waals surface area contributed by atoms with E-state index < -0.39 is 0 Å². The van der Waals surface area contributed by atoms with E-state index in [4.69, 9.17) is 4.74 Å². The van der Waals surface area contributed by atoms with Gasteiger partial charge in [0.15, 0.2) is 0 Å². The fourth-order valence-corrected chi connectivity index (χ4v) is 3.45. The number of rotatable bonds is 9. The molecule has 0 spiro atoms. The van der Waals surface area contributed by atoms with E-state index in [1.54, 1.807) is 0 Å². The van der Waals surface area contributed by atoms with Gasteiger partial charge in [0, 0.05) is 34.4 Å². The van der Waals surface area contributed by atoms with Gasteiger partial charge in [-0.3, -0.25) is 4.79 Å². The van der Waals surface area contributed by atoms with Crippen molar-refractivity contribution < 1.29 is 9.53 Å². The maximum absolute atomic E-state index is 12.4. The summed E-state index contributed by atoms with van der Waals surface area (Å²) < 4.78 is 7.09. The first-order chi connectivity index (χ1) is 14.9. The average Bonchev–Trinajstić information content (AvgIpc) is 2.76. The van der Waals surface area contributed by atoms with Crippen molar-refractivity contribution in [3.05, 3.63) is 93.5 Å². The van der Waals surface area contributed by atoms with Gasteiger partial charge in [-0.1, -0.05) is 65.7 Å². The summed E-state index contributed by atoms with van der Waals surface area (Å²) in [6.07, 6.45) is 0. The number of carbonyl (C=O) groups is 1. The molecule has 0 aliphatic carbocycles. The molecule has 31 heavy (non-hydrogen) atoms. The zero-order valence-electron chi connectivity index (χ0n) is 18.2. The third-order valence-corrected chi connectivity index (χ3v) is 5.31. The van der Waals surface area contributed by atoms with E-state index in [0.29, 0.717) is 31.2 Å². The van der Waals surface area contributed by atoms with Crippen molar-refractivity contribution >= 4 is 27.5 Å². The summed E-state index contributed by atoms with van der Waals surface area (Å²) in [7, 11) is 0. The molecule has 0 aliphatic rings. The number of benzene rings is 3. The molecule has 0 radical (unpaired) electrons. The minimum absolute atomic E-state index is 0.0538. The maximum atomic E-state index is 12.4. The summed E-state index contributed by atoms with van der Waals surface area (Å²) in [6, 6.07) is 21.9. The van der Waals surface area contributed by atoms with Crippen LogP contribution in [0.15, 0.2) is 71.2 Å². The lowest BCUT2D eigenvalue weighted by Crippen LogP contribution is -2.27. The van der Waals surface area contributed by atoms with Gasteiger partial charge in [0.05, 0.1) is 0 Å². The van der Waals surface area contributed by atoms with Gasteiger partial charge in [0.2, 0.25) is 0 Å². The lowest BCUT2D eigenvalue weighted by molar-refractivity contribution is 0.0949. The van der Waals surface area contributed by atoms with Crippen LogP contribution in [0, 0.1) is 12.8 Å². The van der Waals surface area contributed by atoms with Crippen molar-refractivity contribution in [1.82, 2.24) is 5.32 Å². The third kappa shape index (κ3) is 7.14. The Kier molecular flexibility index (Phi) is 8.13. The highest BCUT2D eigenvalue weighted by atomic mass is 79.9. The van der Waals surface area contributed by atoms with Gasteiger partial charge in [-0.15, -0.1) is 0 Å². The van der Waals surface area contributed by atoms with Crippen LogP contribution in [0.1, 0.15) is 40.9 Å². The van der Waals surface area contributed by atoms with E-state index in [2.05, 4.69) is 77.7 Å². The second-order valence-corrected chi connectivity index (χ2v) is 8.98. The number of hydrogen-bond acceptors (Lipinski definition) is 3. The van der Waals surface area contributed by atoms with Crippen molar-refractivity contribution in [2.45, 2.75) is 33.9 Å². The molecule has 0 aromatic heterocycles. The van der Waals surface area contributed by atoms with Crippen LogP contribution in [0.4, 0.5) is 5.69 Å². The zero-order chi connectivity index (χ0) is 22.2. The van der Waals surface area contributed by atoms with E-state index in [9.17, 15) is 4.79 Å². The molecular weight excluding hydrogens is 452 g/mol. The Hall–Kier alpha value is -2.79. The SMILES string of the molecule is Cc1ccc(COc2ccc(Br)cc2CNc2cccc(C(=O)NCC(C)C)c2)cc1. The lowest BCUT2D eigenvalue weighted by Gasteiger charge is -2.14. The molecule has 0 saturated heterocycles. The Morgan fingerprint density at radius 3 is 2.55 bits per heavy atom. The summed E-state index contributed by atoms with van der Waals surface area (Å²) in [5, 5.41) is 6.37. The molecule has 0 fully saturated rings. The van der Waals surface area contributed by atoms with E-state index >= 15 is 0 Å². The van der Waals surface area contributed by atoms with E-state index in [0.717, 1.165) is 27.0 Å². The standard InChI is InChI=1S/C26H29BrN2O2/c1-18(2)15-29-26(30)21-5-4-6-24(14-21)28-16-22-13-23(27)11-12-25(22)31-17-20-9-7-19(3)8-10-20/h4-14,18,28H,15-17H2,1-3H3,(H,29,30). The molecule has 162 valence electrons. The molecule has 0 saturated carbocycles. The average molecular weight is 481 g/mol. The van der Waals surface area contributed by atoms with Crippen LogP contribution in [-0.2, 0) is 13.2 Å². The van der Waals surface area contributed by atoms with Gasteiger partial charge >= 0.3 is 0 Å². The van der Waals surface area contributed by atoms with Crippen molar-refractivity contribution in [2.75, 3.05) is 11.9 Å². The largest absolute Gasteiger partial charge is 0.489 e. The minimum Gasteiger partial charge on any atom is -0.489 e. The van der Waals surface area contributed by atoms with E-state index in [-0.39, 0.29) is 5.91 Å². The van der Waals surface area contributed by atoms with Crippen molar-refractivity contribution in [3.8, 4) is 5.75 Å². The van der Waals surface area contributed by atoms with Crippen LogP contribution in [0.3, 0.4) is 0 Å². The molecule has 0 aliphatic heterocycles. The number of nitrogens with one attached hydrogen (secondary N) is 2. The number of carbonyl (C=O) groups excluding carboxylic acids is 1. The normalized spacial score (nSPS) is 10.7. The highest BCUT2D eigenvalue weighted by molar-refractivity contribution is 9.10. The molecule has 3 aromatic rings. The van der Waals surface area contributed by atoms with Crippen molar-refractivity contribution in [1.29, 1.82) is 0 Å². The van der Waals surface area contributed by atoms with Gasteiger partial charge in [0.25, 0.3) is 5.91 Å². The lowest BCUT2D eigenvalue weighted by atomic mass is 10.1. The van der Waals surface area contributed by atoms with E-state index in [1.807, 2.05) is 36.4 Å². The van der Waals surface area contributed by atoms with Crippen molar-refractivity contribution in [3.63, 3.8) is 0 Å². The van der Waals surface area contributed by atoms with Gasteiger partial charge in [0.1, 0.15) is 12.4 Å². The summed E-state index contributed by atoms with van der Waals surface area (Å²) in [6.45, 7) is 7.99. The molecule has 4 nitrogen and oxygen atoms in total. The fourth-order valence-electron chi connectivity index (χ4n) is 3.04. The summed E-state index contributed by atoms with van der Waals surface area (Å²) in [4.78, 5) is 12.4. The highest BCUT2D eigenvalue weighted by Gasteiger charge is 2.09. The fraction of sp³-hybridized carbons (Fsp3) is 0.269. The topological polar surface area (TPSA) is 50.4 Å². The summed E-state index contributed by atoms with van der Waals surface area (Å²) in [5.41, 5.74) is 4.94. The maximum Gasteiger partial charge on any atom is 0.251 e. The van der Waals surface area contributed by atoms with Crippen LogP contribution in [0.5, 0.6) is 5.75 Å². The molecular formula is C26H29BrN2O2. The molecule has 3 rings (SSSR count). The Morgan fingerprint density at radius 1 is 1.03 bits per heavy atom. The number of amides is 1.